The Hall–Kier alpha value is -1.23. The molecule has 0 bridgehead atoms. The summed E-state index contributed by atoms with van der Waals surface area (Å²) in [6.45, 7) is 4.15. The monoisotopic (exact) mass is 262 g/mol. The summed E-state index contributed by atoms with van der Waals surface area (Å²) in [5.74, 6) is 0. The van der Waals surface area contributed by atoms with E-state index in [0.29, 0.717) is 13.0 Å². The largest absolute Gasteiger partial charge is 0.390 e. The van der Waals surface area contributed by atoms with Crippen molar-refractivity contribution in [2.75, 3.05) is 0 Å². The van der Waals surface area contributed by atoms with E-state index in [-0.39, 0.29) is 0 Å². The molecule has 18 heavy (non-hydrogen) atoms. The molecule has 0 aliphatic rings. The van der Waals surface area contributed by atoms with Crippen molar-refractivity contribution in [3.05, 3.63) is 40.9 Å². The van der Waals surface area contributed by atoms with Crippen molar-refractivity contribution >= 4 is 11.3 Å². The van der Waals surface area contributed by atoms with Crippen molar-refractivity contribution in [2.24, 2.45) is 5.73 Å². The molecule has 0 amide bonds. The van der Waals surface area contributed by atoms with Crippen LogP contribution in [0.4, 0.5) is 0 Å². The lowest BCUT2D eigenvalue weighted by molar-refractivity contribution is 0.0811. The van der Waals surface area contributed by atoms with Crippen molar-refractivity contribution in [3.8, 4) is 10.6 Å². The van der Waals surface area contributed by atoms with Crippen LogP contribution in [0.2, 0.25) is 0 Å². The summed E-state index contributed by atoms with van der Waals surface area (Å²) < 4.78 is 0. The van der Waals surface area contributed by atoms with E-state index in [4.69, 9.17) is 5.73 Å². The van der Waals surface area contributed by atoms with Gasteiger partial charge in [0.2, 0.25) is 0 Å². The lowest BCUT2D eigenvalue weighted by atomic mass is 9.95. The first-order valence-corrected chi connectivity index (χ1v) is 6.77. The van der Waals surface area contributed by atoms with Crippen molar-refractivity contribution in [1.29, 1.82) is 0 Å². The van der Waals surface area contributed by atoms with Gasteiger partial charge >= 0.3 is 0 Å². The Kier molecular flexibility index (Phi) is 3.80. The maximum Gasteiger partial charge on any atom is 0.123 e. The molecule has 3 N–H and O–H groups in total. The highest BCUT2D eigenvalue weighted by Gasteiger charge is 2.17. The Balaban J connectivity index is 2.38. The number of aliphatic hydroxyl groups is 1. The van der Waals surface area contributed by atoms with Gasteiger partial charge in [0.25, 0.3) is 0 Å². The molecule has 0 saturated carbocycles. The van der Waals surface area contributed by atoms with E-state index in [2.05, 4.69) is 4.98 Å². The second kappa shape index (κ2) is 5.18. The van der Waals surface area contributed by atoms with Crippen molar-refractivity contribution in [2.45, 2.75) is 32.4 Å². The second-order valence-electron chi connectivity index (χ2n) is 4.98. The van der Waals surface area contributed by atoms with Crippen LogP contribution >= 0.6 is 11.3 Å². The fraction of sp³-hybridized carbons (Fsp3) is 0.357. The van der Waals surface area contributed by atoms with E-state index in [1.807, 2.05) is 44.3 Å². The molecule has 0 radical (unpaired) electrons. The molecule has 0 saturated heterocycles. The Morgan fingerprint density at radius 2 is 2.06 bits per heavy atom. The average molecular weight is 262 g/mol. The molecule has 2 aromatic rings. The SMILES string of the molecule is CC(C)(O)Cc1ccccc1-c1ncc(CN)s1. The Labute approximate surface area is 111 Å². The maximum absolute atomic E-state index is 9.96. The zero-order chi connectivity index (χ0) is 13.2. The fourth-order valence-corrected chi connectivity index (χ4v) is 2.73. The van der Waals surface area contributed by atoms with Gasteiger partial charge in [0.05, 0.1) is 5.60 Å². The minimum absolute atomic E-state index is 0.519. The van der Waals surface area contributed by atoms with E-state index >= 15 is 0 Å². The molecular weight excluding hydrogens is 244 g/mol. The zero-order valence-electron chi connectivity index (χ0n) is 10.7. The molecule has 1 aromatic heterocycles. The highest BCUT2D eigenvalue weighted by atomic mass is 32.1. The normalized spacial score (nSPS) is 11.8. The van der Waals surface area contributed by atoms with Crippen LogP contribution < -0.4 is 5.73 Å². The number of aromatic nitrogens is 1. The Morgan fingerprint density at radius 3 is 2.67 bits per heavy atom. The standard InChI is InChI=1S/C14H18N2OS/c1-14(2,17)7-10-5-3-4-6-12(10)13-16-9-11(8-15)18-13/h3-6,9,17H,7-8,15H2,1-2H3. The van der Waals surface area contributed by atoms with Crippen molar-refractivity contribution < 1.29 is 5.11 Å². The number of rotatable bonds is 4. The smallest absolute Gasteiger partial charge is 0.123 e. The summed E-state index contributed by atoms with van der Waals surface area (Å²) in [7, 11) is 0. The van der Waals surface area contributed by atoms with Gasteiger partial charge in [0, 0.05) is 29.6 Å². The fourth-order valence-electron chi connectivity index (χ4n) is 1.88. The number of thiazole rings is 1. The first-order valence-electron chi connectivity index (χ1n) is 5.95. The molecule has 0 fully saturated rings. The summed E-state index contributed by atoms with van der Waals surface area (Å²) >= 11 is 1.61. The highest BCUT2D eigenvalue weighted by Crippen LogP contribution is 2.29. The number of hydrogen-bond acceptors (Lipinski definition) is 4. The Morgan fingerprint density at radius 1 is 1.33 bits per heavy atom. The number of hydrogen-bond donors (Lipinski definition) is 2. The maximum atomic E-state index is 9.96. The third-order valence-corrected chi connectivity index (χ3v) is 3.68. The van der Waals surface area contributed by atoms with Crippen molar-refractivity contribution in [3.63, 3.8) is 0 Å². The molecule has 2 rings (SSSR count). The number of nitrogens with two attached hydrogens (primary N) is 1. The minimum atomic E-state index is -0.718. The summed E-state index contributed by atoms with van der Waals surface area (Å²) in [5.41, 5.74) is 7.09. The average Bonchev–Trinajstić information content (AvgIpc) is 2.76. The molecule has 1 heterocycles. The van der Waals surface area contributed by atoms with Crippen LogP contribution in [0.3, 0.4) is 0 Å². The molecule has 3 nitrogen and oxygen atoms in total. The number of benzene rings is 1. The van der Waals surface area contributed by atoms with E-state index in [0.717, 1.165) is 21.0 Å². The molecule has 1 aromatic carbocycles. The van der Waals surface area contributed by atoms with Crippen LogP contribution in [0.15, 0.2) is 30.5 Å². The minimum Gasteiger partial charge on any atom is -0.390 e. The van der Waals surface area contributed by atoms with Gasteiger partial charge in [-0.25, -0.2) is 4.98 Å². The topological polar surface area (TPSA) is 59.1 Å². The molecule has 4 heteroatoms. The predicted molar refractivity (Wildman–Crippen MR) is 75.4 cm³/mol. The molecule has 0 unspecified atom stereocenters. The van der Waals surface area contributed by atoms with Crippen LogP contribution in [0.25, 0.3) is 10.6 Å². The predicted octanol–water partition coefficient (Wildman–Crippen LogP) is 2.58. The van der Waals surface area contributed by atoms with Gasteiger partial charge in [0.15, 0.2) is 0 Å². The van der Waals surface area contributed by atoms with E-state index in [1.165, 1.54) is 0 Å². The van der Waals surface area contributed by atoms with Gasteiger partial charge in [0.1, 0.15) is 5.01 Å². The lowest BCUT2D eigenvalue weighted by Gasteiger charge is -2.18. The summed E-state index contributed by atoms with van der Waals surface area (Å²) in [4.78, 5) is 5.48. The zero-order valence-corrected chi connectivity index (χ0v) is 11.5. The van der Waals surface area contributed by atoms with Crippen LogP contribution in [0.1, 0.15) is 24.3 Å². The molecule has 96 valence electrons. The second-order valence-corrected chi connectivity index (χ2v) is 6.10. The summed E-state index contributed by atoms with van der Waals surface area (Å²) in [6, 6.07) is 8.06. The van der Waals surface area contributed by atoms with E-state index in [9.17, 15) is 5.11 Å². The van der Waals surface area contributed by atoms with Crippen molar-refractivity contribution in [1.82, 2.24) is 4.98 Å². The van der Waals surface area contributed by atoms with Gasteiger partial charge in [-0.15, -0.1) is 11.3 Å². The molecule has 0 aliphatic heterocycles. The molecule has 0 aliphatic carbocycles. The summed E-state index contributed by atoms with van der Waals surface area (Å²) in [6.07, 6.45) is 2.43. The van der Waals surface area contributed by atoms with Gasteiger partial charge in [-0.05, 0) is 19.4 Å². The third-order valence-electron chi connectivity index (χ3n) is 2.63. The van der Waals surface area contributed by atoms with Gasteiger partial charge in [-0.3, -0.25) is 0 Å². The first-order chi connectivity index (χ1) is 8.49. The molecule has 0 atom stereocenters. The van der Waals surface area contributed by atoms with E-state index in [1.54, 1.807) is 11.3 Å². The van der Waals surface area contributed by atoms with Gasteiger partial charge < -0.3 is 10.8 Å². The molecule has 0 spiro atoms. The number of nitrogens with zero attached hydrogens (tertiary/aromatic N) is 1. The third kappa shape index (κ3) is 3.16. The van der Waals surface area contributed by atoms with Gasteiger partial charge in [-0.1, -0.05) is 24.3 Å². The van der Waals surface area contributed by atoms with Crippen LogP contribution in [0.5, 0.6) is 0 Å². The van der Waals surface area contributed by atoms with E-state index < -0.39 is 5.60 Å². The lowest BCUT2D eigenvalue weighted by Crippen LogP contribution is -2.22. The van der Waals surface area contributed by atoms with Crippen LogP contribution in [0, 0.1) is 0 Å². The highest BCUT2D eigenvalue weighted by molar-refractivity contribution is 7.15. The van der Waals surface area contributed by atoms with Crippen LogP contribution in [-0.2, 0) is 13.0 Å². The quantitative estimate of drug-likeness (QED) is 0.890. The first kappa shape index (κ1) is 13.2. The summed E-state index contributed by atoms with van der Waals surface area (Å²) in [5, 5.41) is 10.9. The van der Waals surface area contributed by atoms with Gasteiger partial charge in [-0.2, -0.15) is 0 Å². The molecular formula is C14H18N2OS. The van der Waals surface area contributed by atoms with Crippen LogP contribution in [-0.4, -0.2) is 15.7 Å². The Bertz CT molecular complexity index is 529.